The Balaban J connectivity index is 1.99. The van der Waals surface area contributed by atoms with Gasteiger partial charge in [-0.15, -0.1) is 0 Å². The van der Waals surface area contributed by atoms with E-state index in [1.54, 1.807) is 12.4 Å². The third-order valence-corrected chi connectivity index (χ3v) is 2.35. The van der Waals surface area contributed by atoms with Crippen molar-refractivity contribution in [3.63, 3.8) is 0 Å². The van der Waals surface area contributed by atoms with Gasteiger partial charge in [0.15, 0.2) is 0 Å². The SMILES string of the molecule is CCOc1cncc(NC2CC2C)n1. The predicted octanol–water partition coefficient (Wildman–Crippen LogP) is 1.70. The largest absolute Gasteiger partial charge is 0.477 e. The molecule has 2 atom stereocenters. The van der Waals surface area contributed by atoms with Crippen LogP contribution in [0.5, 0.6) is 5.88 Å². The van der Waals surface area contributed by atoms with E-state index >= 15 is 0 Å². The summed E-state index contributed by atoms with van der Waals surface area (Å²) in [4.78, 5) is 8.34. The van der Waals surface area contributed by atoms with Gasteiger partial charge in [-0.25, -0.2) is 0 Å². The highest BCUT2D eigenvalue weighted by Crippen LogP contribution is 2.32. The van der Waals surface area contributed by atoms with Crippen molar-refractivity contribution in [2.45, 2.75) is 26.3 Å². The van der Waals surface area contributed by atoms with Gasteiger partial charge in [-0.1, -0.05) is 6.92 Å². The van der Waals surface area contributed by atoms with Crippen molar-refractivity contribution in [2.24, 2.45) is 5.92 Å². The lowest BCUT2D eigenvalue weighted by Crippen LogP contribution is -2.06. The van der Waals surface area contributed by atoms with Crippen LogP contribution in [0.3, 0.4) is 0 Å². The average Bonchev–Trinajstić information content (AvgIpc) is 2.83. The molecule has 1 fully saturated rings. The number of hydrogen-bond acceptors (Lipinski definition) is 4. The number of hydrogen-bond donors (Lipinski definition) is 1. The number of aromatic nitrogens is 2. The molecule has 0 bridgehead atoms. The van der Waals surface area contributed by atoms with E-state index in [-0.39, 0.29) is 0 Å². The fraction of sp³-hybridized carbons (Fsp3) is 0.600. The van der Waals surface area contributed by atoms with Crippen LogP contribution in [0.25, 0.3) is 0 Å². The van der Waals surface area contributed by atoms with Gasteiger partial charge in [0.25, 0.3) is 0 Å². The molecular formula is C10H15N3O. The summed E-state index contributed by atoms with van der Waals surface area (Å²) < 4.78 is 5.26. The molecule has 4 nitrogen and oxygen atoms in total. The number of nitrogens with one attached hydrogen (secondary N) is 1. The zero-order chi connectivity index (χ0) is 9.97. The molecule has 14 heavy (non-hydrogen) atoms. The van der Waals surface area contributed by atoms with Crippen LogP contribution in [-0.4, -0.2) is 22.6 Å². The lowest BCUT2D eigenvalue weighted by molar-refractivity contribution is 0.325. The first-order valence-electron chi connectivity index (χ1n) is 5.01. The van der Waals surface area contributed by atoms with E-state index in [0.717, 1.165) is 11.7 Å². The highest BCUT2D eigenvalue weighted by molar-refractivity contribution is 5.36. The van der Waals surface area contributed by atoms with Crippen molar-refractivity contribution in [3.8, 4) is 5.88 Å². The zero-order valence-electron chi connectivity index (χ0n) is 8.53. The zero-order valence-corrected chi connectivity index (χ0v) is 8.53. The Morgan fingerprint density at radius 2 is 2.36 bits per heavy atom. The van der Waals surface area contributed by atoms with Crippen molar-refractivity contribution in [1.82, 2.24) is 9.97 Å². The summed E-state index contributed by atoms with van der Waals surface area (Å²) in [6.45, 7) is 4.78. The Hall–Kier alpha value is -1.32. The first kappa shape index (κ1) is 9.24. The van der Waals surface area contributed by atoms with E-state index in [0.29, 0.717) is 18.5 Å². The smallest absolute Gasteiger partial charge is 0.234 e. The van der Waals surface area contributed by atoms with Crippen molar-refractivity contribution < 1.29 is 4.74 Å². The average molecular weight is 193 g/mol. The van der Waals surface area contributed by atoms with Gasteiger partial charge in [-0.2, -0.15) is 4.98 Å². The molecule has 0 saturated heterocycles. The van der Waals surface area contributed by atoms with Crippen molar-refractivity contribution >= 4 is 5.82 Å². The minimum absolute atomic E-state index is 0.571. The molecule has 4 heteroatoms. The van der Waals surface area contributed by atoms with E-state index in [2.05, 4.69) is 22.2 Å². The van der Waals surface area contributed by atoms with E-state index in [1.807, 2.05) is 6.92 Å². The molecule has 2 rings (SSSR count). The fourth-order valence-corrected chi connectivity index (χ4v) is 1.35. The minimum Gasteiger partial charge on any atom is -0.477 e. The summed E-state index contributed by atoms with van der Waals surface area (Å²) in [6.07, 6.45) is 4.58. The molecule has 0 aromatic carbocycles. The van der Waals surface area contributed by atoms with E-state index in [4.69, 9.17) is 4.74 Å². The molecule has 1 heterocycles. The van der Waals surface area contributed by atoms with Gasteiger partial charge in [0.05, 0.1) is 19.0 Å². The van der Waals surface area contributed by atoms with E-state index in [9.17, 15) is 0 Å². The molecule has 1 aromatic rings. The van der Waals surface area contributed by atoms with Gasteiger partial charge in [-0.3, -0.25) is 4.98 Å². The number of anilines is 1. The Bertz CT molecular complexity index is 316. The highest BCUT2D eigenvalue weighted by Gasteiger charge is 2.32. The maximum atomic E-state index is 5.26. The third kappa shape index (κ3) is 2.13. The van der Waals surface area contributed by atoms with Crippen LogP contribution in [0.1, 0.15) is 20.3 Å². The van der Waals surface area contributed by atoms with Crippen LogP contribution < -0.4 is 10.1 Å². The predicted molar refractivity (Wildman–Crippen MR) is 54.4 cm³/mol. The van der Waals surface area contributed by atoms with Gasteiger partial charge in [0.1, 0.15) is 5.82 Å². The Morgan fingerprint density at radius 1 is 1.57 bits per heavy atom. The standard InChI is InChI=1S/C10H15N3O/c1-3-14-10-6-11-5-9(13-10)12-8-4-7(8)2/h5-8H,3-4H2,1-2H3,(H,12,13). The van der Waals surface area contributed by atoms with Crippen LogP contribution >= 0.6 is 0 Å². The molecule has 0 radical (unpaired) electrons. The first-order chi connectivity index (χ1) is 6.79. The molecule has 1 aliphatic carbocycles. The van der Waals surface area contributed by atoms with Crippen molar-refractivity contribution in [2.75, 3.05) is 11.9 Å². The number of rotatable bonds is 4. The number of nitrogens with zero attached hydrogens (tertiary/aromatic N) is 2. The van der Waals surface area contributed by atoms with Gasteiger partial charge in [-0.05, 0) is 19.3 Å². The maximum absolute atomic E-state index is 5.26. The summed E-state index contributed by atoms with van der Waals surface area (Å²) in [5.74, 6) is 2.16. The van der Waals surface area contributed by atoms with Crippen LogP contribution in [0.15, 0.2) is 12.4 Å². The number of ether oxygens (including phenoxy) is 1. The topological polar surface area (TPSA) is 47.0 Å². The summed E-state index contributed by atoms with van der Waals surface area (Å²) in [5, 5.41) is 3.31. The normalized spacial score (nSPS) is 24.4. The monoisotopic (exact) mass is 193 g/mol. The summed E-state index contributed by atoms with van der Waals surface area (Å²) in [5.41, 5.74) is 0. The Morgan fingerprint density at radius 3 is 3.00 bits per heavy atom. The first-order valence-corrected chi connectivity index (χ1v) is 5.01. The molecule has 0 aliphatic heterocycles. The second-order valence-corrected chi connectivity index (χ2v) is 3.64. The lowest BCUT2D eigenvalue weighted by atomic mass is 10.5. The van der Waals surface area contributed by atoms with Crippen LogP contribution in [-0.2, 0) is 0 Å². The van der Waals surface area contributed by atoms with Gasteiger partial charge in [0.2, 0.25) is 5.88 Å². The molecule has 1 saturated carbocycles. The van der Waals surface area contributed by atoms with Gasteiger partial charge < -0.3 is 10.1 Å². The molecule has 0 spiro atoms. The summed E-state index contributed by atoms with van der Waals surface area (Å²) in [6, 6.07) is 0.571. The molecular weight excluding hydrogens is 178 g/mol. The summed E-state index contributed by atoms with van der Waals surface area (Å²) in [7, 11) is 0. The van der Waals surface area contributed by atoms with Gasteiger partial charge in [0, 0.05) is 6.04 Å². The van der Waals surface area contributed by atoms with Crippen molar-refractivity contribution in [3.05, 3.63) is 12.4 Å². The quantitative estimate of drug-likeness (QED) is 0.790. The second-order valence-electron chi connectivity index (χ2n) is 3.64. The molecule has 0 amide bonds. The molecule has 1 aromatic heterocycles. The van der Waals surface area contributed by atoms with E-state index < -0.39 is 0 Å². The third-order valence-electron chi connectivity index (χ3n) is 2.35. The Labute approximate surface area is 83.7 Å². The molecule has 1 aliphatic rings. The molecule has 2 unspecified atom stereocenters. The highest BCUT2D eigenvalue weighted by atomic mass is 16.5. The molecule has 76 valence electrons. The summed E-state index contributed by atoms with van der Waals surface area (Å²) >= 11 is 0. The van der Waals surface area contributed by atoms with Crippen LogP contribution in [0, 0.1) is 5.92 Å². The fourth-order valence-electron chi connectivity index (χ4n) is 1.35. The lowest BCUT2D eigenvalue weighted by Gasteiger charge is -2.05. The Kier molecular flexibility index (Phi) is 2.52. The van der Waals surface area contributed by atoms with Crippen LogP contribution in [0.2, 0.25) is 0 Å². The maximum Gasteiger partial charge on any atom is 0.234 e. The molecule has 1 N–H and O–H groups in total. The van der Waals surface area contributed by atoms with E-state index in [1.165, 1.54) is 6.42 Å². The van der Waals surface area contributed by atoms with Crippen LogP contribution in [0.4, 0.5) is 5.82 Å². The second kappa shape index (κ2) is 3.82. The van der Waals surface area contributed by atoms with Gasteiger partial charge >= 0.3 is 0 Å². The van der Waals surface area contributed by atoms with Crippen molar-refractivity contribution in [1.29, 1.82) is 0 Å². The minimum atomic E-state index is 0.571.